The van der Waals surface area contributed by atoms with Gasteiger partial charge in [0, 0.05) is 18.1 Å². The van der Waals surface area contributed by atoms with E-state index in [-0.39, 0.29) is 17.2 Å². The molecule has 1 aromatic carbocycles. The Balaban J connectivity index is 3.00. The van der Waals surface area contributed by atoms with Crippen molar-refractivity contribution >= 4 is 31.9 Å². The van der Waals surface area contributed by atoms with E-state index in [2.05, 4.69) is 25.4 Å². The Labute approximate surface area is 125 Å². The number of carboxylic acids is 1. The molecule has 9 heteroatoms. The largest absolute Gasteiger partial charge is 0.495 e. The van der Waals surface area contributed by atoms with Crippen molar-refractivity contribution < 1.29 is 27.8 Å². The van der Waals surface area contributed by atoms with Gasteiger partial charge in [-0.25, -0.2) is 17.9 Å². The van der Waals surface area contributed by atoms with Crippen molar-refractivity contribution in [3.63, 3.8) is 0 Å². The Kier molecular flexibility index (Phi) is 5.93. The first-order valence-electron chi connectivity index (χ1n) is 5.40. The predicted molar refractivity (Wildman–Crippen MR) is 74.3 cm³/mol. The summed E-state index contributed by atoms with van der Waals surface area (Å²) < 4.78 is 36.7. The van der Waals surface area contributed by atoms with Gasteiger partial charge in [-0.1, -0.05) is 15.9 Å². The Morgan fingerprint density at radius 3 is 2.60 bits per heavy atom. The highest BCUT2D eigenvalue weighted by Crippen LogP contribution is 2.26. The number of sulfonamides is 1. The maximum atomic E-state index is 12.1. The standard InChI is InChI=1S/C11H14BrNO6S/c1-18-8-4-3-7(12)5-10(8)20(16,17)13-6-9(19-2)11(14)15/h3-5,9,13H,6H2,1-2H3,(H,14,15). The summed E-state index contributed by atoms with van der Waals surface area (Å²) >= 11 is 3.17. The normalized spacial score (nSPS) is 12.9. The van der Waals surface area contributed by atoms with E-state index >= 15 is 0 Å². The van der Waals surface area contributed by atoms with E-state index in [1.54, 1.807) is 6.07 Å². The van der Waals surface area contributed by atoms with Gasteiger partial charge in [0.15, 0.2) is 6.10 Å². The smallest absolute Gasteiger partial charge is 0.334 e. The van der Waals surface area contributed by atoms with Crippen LogP contribution in [-0.4, -0.2) is 46.4 Å². The number of hydrogen-bond donors (Lipinski definition) is 2. The average molecular weight is 368 g/mol. The first-order valence-corrected chi connectivity index (χ1v) is 7.68. The van der Waals surface area contributed by atoms with Crippen molar-refractivity contribution in [1.82, 2.24) is 4.72 Å². The summed E-state index contributed by atoms with van der Waals surface area (Å²) in [7, 11) is -1.38. The summed E-state index contributed by atoms with van der Waals surface area (Å²) in [6.07, 6.45) is -1.26. The van der Waals surface area contributed by atoms with Gasteiger partial charge in [0.2, 0.25) is 10.0 Å². The van der Waals surface area contributed by atoms with Crippen LogP contribution in [0, 0.1) is 0 Å². The second-order valence-electron chi connectivity index (χ2n) is 3.71. The molecule has 2 N–H and O–H groups in total. The molecule has 20 heavy (non-hydrogen) atoms. The Hall–Kier alpha value is -1.16. The van der Waals surface area contributed by atoms with Crippen LogP contribution in [0.25, 0.3) is 0 Å². The highest BCUT2D eigenvalue weighted by Gasteiger charge is 2.24. The molecule has 1 unspecified atom stereocenters. The molecule has 112 valence electrons. The predicted octanol–water partition coefficient (Wildman–Crippen LogP) is 0.836. The number of ether oxygens (including phenoxy) is 2. The van der Waals surface area contributed by atoms with Crippen LogP contribution >= 0.6 is 15.9 Å². The minimum Gasteiger partial charge on any atom is -0.495 e. The fourth-order valence-electron chi connectivity index (χ4n) is 1.40. The third-order valence-corrected chi connectivity index (χ3v) is 4.37. The second kappa shape index (κ2) is 7.02. The van der Waals surface area contributed by atoms with Crippen LogP contribution in [-0.2, 0) is 19.6 Å². The van der Waals surface area contributed by atoms with Crippen LogP contribution < -0.4 is 9.46 Å². The maximum Gasteiger partial charge on any atom is 0.334 e. The maximum absolute atomic E-state index is 12.1. The van der Waals surface area contributed by atoms with Gasteiger partial charge in [0.1, 0.15) is 10.6 Å². The average Bonchev–Trinajstić information content (AvgIpc) is 2.38. The van der Waals surface area contributed by atoms with Gasteiger partial charge < -0.3 is 14.6 Å². The fraction of sp³-hybridized carbons (Fsp3) is 0.364. The van der Waals surface area contributed by atoms with Crippen LogP contribution in [0.3, 0.4) is 0 Å². The number of methoxy groups -OCH3 is 2. The van der Waals surface area contributed by atoms with Gasteiger partial charge in [-0.15, -0.1) is 0 Å². The SMILES string of the molecule is COc1ccc(Br)cc1S(=O)(=O)NCC(OC)C(=O)O. The molecule has 0 saturated heterocycles. The lowest BCUT2D eigenvalue weighted by Gasteiger charge is -2.14. The Morgan fingerprint density at radius 1 is 1.45 bits per heavy atom. The summed E-state index contributed by atoms with van der Waals surface area (Å²) in [6.45, 7) is -0.385. The molecule has 0 fully saturated rings. The highest BCUT2D eigenvalue weighted by molar-refractivity contribution is 9.10. The summed E-state index contributed by atoms with van der Waals surface area (Å²) in [5.41, 5.74) is 0. The zero-order valence-electron chi connectivity index (χ0n) is 10.8. The molecular formula is C11H14BrNO6S. The first-order chi connectivity index (χ1) is 9.31. The molecule has 0 aliphatic heterocycles. The molecule has 7 nitrogen and oxygen atoms in total. The second-order valence-corrected chi connectivity index (χ2v) is 6.36. The summed E-state index contributed by atoms with van der Waals surface area (Å²) in [5.74, 6) is -1.10. The fourth-order valence-corrected chi connectivity index (χ4v) is 3.13. The van der Waals surface area contributed by atoms with Crippen molar-refractivity contribution in [2.24, 2.45) is 0 Å². The van der Waals surface area contributed by atoms with E-state index in [0.717, 1.165) is 0 Å². The van der Waals surface area contributed by atoms with Crippen molar-refractivity contribution in [1.29, 1.82) is 0 Å². The molecule has 0 bridgehead atoms. The van der Waals surface area contributed by atoms with Crippen LogP contribution in [0.2, 0.25) is 0 Å². The van der Waals surface area contributed by atoms with Crippen molar-refractivity contribution in [3.05, 3.63) is 22.7 Å². The van der Waals surface area contributed by atoms with E-state index in [9.17, 15) is 13.2 Å². The number of hydrogen-bond acceptors (Lipinski definition) is 5. The lowest BCUT2D eigenvalue weighted by Crippen LogP contribution is -2.37. The van der Waals surface area contributed by atoms with Crippen LogP contribution in [0.4, 0.5) is 0 Å². The van der Waals surface area contributed by atoms with Gasteiger partial charge in [-0.05, 0) is 18.2 Å². The molecule has 0 aliphatic carbocycles. The van der Waals surface area contributed by atoms with Gasteiger partial charge in [0.05, 0.1) is 7.11 Å². The van der Waals surface area contributed by atoms with E-state index in [0.29, 0.717) is 4.47 Å². The van der Waals surface area contributed by atoms with Crippen molar-refractivity contribution in [3.8, 4) is 5.75 Å². The van der Waals surface area contributed by atoms with Gasteiger partial charge >= 0.3 is 5.97 Å². The summed E-state index contributed by atoms with van der Waals surface area (Å²) in [6, 6.07) is 4.49. The van der Waals surface area contributed by atoms with Gasteiger partial charge in [-0.3, -0.25) is 0 Å². The number of aliphatic carboxylic acids is 1. The molecule has 0 aromatic heterocycles. The number of benzene rings is 1. The monoisotopic (exact) mass is 367 g/mol. The zero-order chi connectivity index (χ0) is 15.3. The molecule has 0 radical (unpaired) electrons. The Morgan fingerprint density at radius 2 is 2.10 bits per heavy atom. The van der Waals surface area contributed by atoms with Crippen LogP contribution in [0.15, 0.2) is 27.6 Å². The van der Waals surface area contributed by atoms with Crippen molar-refractivity contribution in [2.75, 3.05) is 20.8 Å². The van der Waals surface area contributed by atoms with Crippen LogP contribution in [0.1, 0.15) is 0 Å². The molecule has 1 atom stereocenters. The molecule has 1 aromatic rings. The molecule has 0 amide bonds. The van der Waals surface area contributed by atoms with Gasteiger partial charge in [-0.2, -0.15) is 0 Å². The lowest BCUT2D eigenvalue weighted by molar-refractivity contribution is -0.147. The third kappa shape index (κ3) is 4.17. The number of carbonyl (C=O) groups is 1. The number of carboxylic acid groups (broad SMARTS) is 1. The number of rotatable bonds is 7. The number of nitrogens with one attached hydrogen (secondary N) is 1. The highest BCUT2D eigenvalue weighted by atomic mass is 79.9. The summed E-state index contributed by atoms with van der Waals surface area (Å²) in [5, 5.41) is 8.79. The molecule has 0 aliphatic rings. The topological polar surface area (TPSA) is 102 Å². The third-order valence-electron chi connectivity index (χ3n) is 2.43. The molecular weight excluding hydrogens is 354 g/mol. The minimum absolute atomic E-state index is 0.0883. The van der Waals surface area contributed by atoms with Gasteiger partial charge in [0.25, 0.3) is 0 Å². The lowest BCUT2D eigenvalue weighted by atomic mass is 10.3. The molecule has 0 saturated carbocycles. The Bertz CT molecular complexity index is 589. The number of halogens is 1. The van der Waals surface area contributed by atoms with Crippen LogP contribution in [0.5, 0.6) is 5.75 Å². The van der Waals surface area contributed by atoms with E-state index < -0.39 is 22.1 Å². The van der Waals surface area contributed by atoms with E-state index in [1.165, 1.54) is 26.4 Å². The molecule has 0 spiro atoms. The minimum atomic E-state index is -3.91. The quantitative estimate of drug-likeness (QED) is 0.740. The first kappa shape index (κ1) is 16.9. The zero-order valence-corrected chi connectivity index (χ0v) is 13.2. The summed E-state index contributed by atoms with van der Waals surface area (Å²) in [4.78, 5) is 10.7. The van der Waals surface area contributed by atoms with E-state index in [4.69, 9.17) is 9.84 Å². The molecule has 1 rings (SSSR count). The molecule has 0 heterocycles. The van der Waals surface area contributed by atoms with E-state index in [1.807, 2.05) is 0 Å². The van der Waals surface area contributed by atoms with Crippen molar-refractivity contribution in [2.45, 2.75) is 11.0 Å².